The Morgan fingerprint density at radius 1 is 1.38 bits per heavy atom. The summed E-state index contributed by atoms with van der Waals surface area (Å²) in [7, 11) is 1.73. The molecule has 1 aliphatic heterocycles. The Morgan fingerprint density at radius 3 is 2.56 bits per heavy atom. The molecule has 4 nitrogen and oxygen atoms in total. The van der Waals surface area contributed by atoms with Gasteiger partial charge in [-0.2, -0.15) is 4.98 Å². The first-order valence-corrected chi connectivity index (χ1v) is 5.57. The standard InChI is InChI=1S/C11H17FN4/c1-7-5-16(6-8(7)2)10-9(12)4-14-11(13-3)15-10/h4,7-8H,5-6H2,1-3H3,(H,13,14,15). The van der Waals surface area contributed by atoms with Crippen molar-refractivity contribution in [3.63, 3.8) is 0 Å². The number of nitrogens with zero attached hydrogens (tertiary/aromatic N) is 3. The molecule has 0 aliphatic carbocycles. The second-order valence-electron chi connectivity index (χ2n) is 4.47. The maximum absolute atomic E-state index is 13.6. The van der Waals surface area contributed by atoms with Crippen LogP contribution in [0.3, 0.4) is 0 Å². The van der Waals surface area contributed by atoms with Crippen molar-refractivity contribution < 1.29 is 4.39 Å². The summed E-state index contributed by atoms with van der Waals surface area (Å²) < 4.78 is 13.6. The van der Waals surface area contributed by atoms with Crippen LogP contribution >= 0.6 is 0 Å². The van der Waals surface area contributed by atoms with E-state index < -0.39 is 0 Å². The first-order chi connectivity index (χ1) is 7.61. The molecule has 1 aromatic heterocycles. The van der Waals surface area contributed by atoms with Gasteiger partial charge in [0.1, 0.15) is 0 Å². The van der Waals surface area contributed by atoms with E-state index in [9.17, 15) is 4.39 Å². The van der Waals surface area contributed by atoms with Gasteiger partial charge in [-0.1, -0.05) is 13.8 Å². The van der Waals surface area contributed by atoms with E-state index in [0.29, 0.717) is 23.6 Å². The summed E-state index contributed by atoms with van der Waals surface area (Å²) in [5, 5.41) is 2.82. The van der Waals surface area contributed by atoms with Crippen LogP contribution in [0.1, 0.15) is 13.8 Å². The fraction of sp³-hybridized carbons (Fsp3) is 0.636. The highest BCUT2D eigenvalue weighted by molar-refractivity contribution is 5.44. The maximum Gasteiger partial charge on any atom is 0.224 e. The van der Waals surface area contributed by atoms with Gasteiger partial charge in [0.05, 0.1) is 6.20 Å². The van der Waals surface area contributed by atoms with E-state index in [-0.39, 0.29) is 5.82 Å². The van der Waals surface area contributed by atoms with Crippen molar-refractivity contribution in [3.05, 3.63) is 12.0 Å². The highest BCUT2D eigenvalue weighted by atomic mass is 19.1. The number of anilines is 2. The molecule has 0 aromatic carbocycles. The zero-order valence-electron chi connectivity index (χ0n) is 9.87. The third-order valence-electron chi connectivity index (χ3n) is 3.24. The van der Waals surface area contributed by atoms with E-state index in [1.165, 1.54) is 6.20 Å². The maximum atomic E-state index is 13.6. The normalized spacial score (nSPS) is 24.9. The Labute approximate surface area is 94.9 Å². The SMILES string of the molecule is CNc1ncc(F)c(N2CC(C)C(C)C2)n1. The molecule has 1 aromatic rings. The molecule has 2 heterocycles. The van der Waals surface area contributed by atoms with Gasteiger partial charge >= 0.3 is 0 Å². The largest absolute Gasteiger partial charge is 0.357 e. The van der Waals surface area contributed by atoms with Crippen LogP contribution in [0.25, 0.3) is 0 Å². The minimum absolute atomic E-state index is 0.347. The fourth-order valence-corrected chi connectivity index (χ4v) is 2.00. The van der Waals surface area contributed by atoms with E-state index in [0.717, 1.165) is 13.1 Å². The monoisotopic (exact) mass is 224 g/mol. The van der Waals surface area contributed by atoms with Crippen LogP contribution in [-0.4, -0.2) is 30.1 Å². The zero-order valence-corrected chi connectivity index (χ0v) is 9.87. The molecule has 0 bridgehead atoms. The van der Waals surface area contributed by atoms with Crippen molar-refractivity contribution in [2.75, 3.05) is 30.4 Å². The Balaban J connectivity index is 2.26. The third kappa shape index (κ3) is 1.94. The van der Waals surface area contributed by atoms with Crippen LogP contribution < -0.4 is 10.2 Å². The number of aromatic nitrogens is 2. The number of rotatable bonds is 2. The lowest BCUT2D eigenvalue weighted by Crippen LogP contribution is -2.22. The van der Waals surface area contributed by atoms with Crippen LogP contribution in [0.5, 0.6) is 0 Å². The van der Waals surface area contributed by atoms with Gasteiger partial charge in [-0.3, -0.25) is 0 Å². The molecule has 5 heteroatoms. The van der Waals surface area contributed by atoms with Crippen LogP contribution in [-0.2, 0) is 0 Å². The minimum atomic E-state index is -0.347. The summed E-state index contributed by atoms with van der Waals surface area (Å²) in [5.74, 6) is 1.68. The average molecular weight is 224 g/mol. The summed E-state index contributed by atoms with van der Waals surface area (Å²) in [6.45, 7) is 6.09. The Kier molecular flexibility index (Phi) is 2.94. The molecule has 0 saturated carbocycles. The van der Waals surface area contributed by atoms with Crippen molar-refractivity contribution >= 4 is 11.8 Å². The third-order valence-corrected chi connectivity index (χ3v) is 3.24. The van der Waals surface area contributed by atoms with Gasteiger partial charge in [0.2, 0.25) is 5.95 Å². The van der Waals surface area contributed by atoms with Crippen molar-refractivity contribution in [2.45, 2.75) is 13.8 Å². The summed E-state index contributed by atoms with van der Waals surface area (Å²) >= 11 is 0. The molecule has 0 amide bonds. The van der Waals surface area contributed by atoms with Crippen molar-refractivity contribution in [1.82, 2.24) is 9.97 Å². The van der Waals surface area contributed by atoms with Gasteiger partial charge in [0, 0.05) is 20.1 Å². The highest BCUT2D eigenvalue weighted by Crippen LogP contribution is 2.28. The molecule has 16 heavy (non-hydrogen) atoms. The molecule has 2 unspecified atom stereocenters. The van der Waals surface area contributed by atoms with Gasteiger partial charge in [0.15, 0.2) is 11.6 Å². The van der Waals surface area contributed by atoms with E-state index in [4.69, 9.17) is 0 Å². The second kappa shape index (κ2) is 4.23. The molecule has 88 valence electrons. The van der Waals surface area contributed by atoms with Crippen LogP contribution in [0.15, 0.2) is 6.20 Å². The van der Waals surface area contributed by atoms with Crippen molar-refractivity contribution in [2.24, 2.45) is 11.8 Å². The predicted octanol–water partition coefficient (Wildman–Crippen LogP) is 1.75. The van der Waals surface area contributed by atoms with Crippen LogP contribution in [0.2, 0.25) is 0 Å². The Bertz CT molecular complexity index is 372. The molecule has 0 radical (unpaired) electrons. The zero-order chi connectivity index (χ0) is 11.7. The van der Waals surface area contributed by atoms with E-state index in [1.807, 2.05) is 4.90 Å². The second-order valence-corrected chi connectivity index (χ2v) is 4.47. The Morgan fingerprint density at radius 2 is 2.00 bits per heavy atom. The smallest absolute Gasteiger partial charge is 0.224 e. The molecular formula is C11H17FN4. The number of halogens is 1. The topological polar surface area (TPSA) is 41.1 Å². The summed E-state index contributed by atoms with van der Waals surface area (Å²) in [6, 6.07) is 0. The minimum Gasteiger partial charge on any atom is -0.357 e. The van der Waals surface area contributed by atoms with E-state index >= 15 is 0 Å². The van der Waals surface area contributed by atoms with Gasteiger partial charge in [0.25, 0.3) is 0 Å². The lowest BCUT2D eigenvalue weighted by atomic mass is 10.0. The summed E-state index contributed by atoms with van der Waals surface area (Å²) in [4.78, 5) is 10.0. The van der Waals surface area contributed by atoms with Crippen LogP contribution in [0, 0.1) is 17.7 Å². The first-order valence-electron chi connectivity index (χ1n) is 5.57. The van der Waals surface area contributed by atoms with E-state index in [2.05, 4.69) is 29.1 Å². The summed E-state index contributed by atoms with van der Waals surface area (Å²) in [5.41, 5.74) is 0. The van der Waals surface area contributed by atoms with Gasteiger partial charge in [-0.05, 0) is 11.8 Å². The average Bonchev–Trinajstić information content (AvgIpc) is 2.60. The molecule has 2 atom stereocenters. The predicted molar refractivity (Wildman–Crippen MR) is 62.1 cm³/mol. The first kappa shape index (κ1) is 11.1. The number of hydrogen-bond donors (Lipinski definition) is 1. The highest BCUT2D eigenvalue weighted by Gasteiger charge is 2.28. The molecule has 0 spiro atoms. The lowest BCUT2D eigenvalue weighted by molar-refractivity contribution is 0.494. The molecule has 1 N–H and O–H groups in total. The van der Waals surface area contributed by atoms with Gasteiger partial charge in [-0.25, -0.2) is 9.37 Å². The fourth-order valence-electron chi connectivity index (χ4n) is 2.00. The molecular weight excluding hydrogens is 207 g/mol. The summed E-state index contributed by atoms with van der Waals surface area (Å²) in [6.07, 6.45) is 1.22. The van der Waals surface area contributed by atoms with Crippen molar-refractivity contribution in [1.29, 1.82) is 0 Å². The van der Waals surface area contributed by atoms with Gasteiger partial charge < -0.3 is 10.2 Å². The molecule has 1 fully saturated rings. The quantitative estimate of drug-likeness (QED) is 0.831. The van der Waals surface area contributed by atoms with Crippen molar-refractivity contribution in [3.8, 4) is 0 Å². The van der Waals surface area contributed by atoms with Crippen LogP contribution in [0.4, 0.5) is 16.2 Å². The number of hydrogen-bond acceptors (Lipinski definition) is 4. The molecule has 1 aliphatic rings. The Hall–Kier alpha value is -1.39. The van der Waals surface area contributed by atoms with Gasteiger partial charge in [-0.15, -0.1) is 0 Å². The molecule has 2 rings (SSSR count). The van der Waals surface area contributed by atoms with E-state index in [1.54, 1.807) is 7.05 Å². The number of nitrogens with one attached hydrogen (secondary N) is 1. The lowest BCUT2D eigenvalue weighted by Gasteiger charge is -2.17. The molecule has 1 saturated heterocycles.